The molecule has 0 saturated carbocycles. The summed E-state index contributed by atoms with van der Waals surface area (Å²) in [5.74, 6) is 0.415. The highest BCUT2D eigenvalue weighted by Crippen LogP contribution is 2.13. The second-order valence-electron chi connectivity index (χ2n) is 2.44. The standard InChI is InChI=1S/C8H6Cl2N2.ClH/c9-4-6-5-12-7(10)2-1-3-8(12)11-6;/h1-3,5H,4H2;1H. The molecule has 13 heavy (non-hydrogen) atoms. The van der Waals surface area contributed by atoms with Crippen molar-refractivity contribution >= 4 is 41.3 Å². The lowest BCUT2D eigenvalue weighted by molar-refractivity contribution is 1.18. The predicted molar refractivity (Wildman–Crippen MR) is 57.0 cm³/mol. The molecule has 0 aliphatic heterocycles. The van der Waals surface area contributed by atoms with Gasteiger partial charge in [0, 0.05) is 6.20 Å². The first-order valence-corrected chi connectivity index (χ1v) is 4.41. The first kappa shape index (κ1) is 10.6. The second kappa shape index (κ2) is 4.18. The van der Waals surface area contributed by atoms with Gasteiger partial charge in [-0.25, -0.2) is 4.98 Å². The van der Waals surface area contributed by atoms with Crippen molar-refractivity contribution < 1.29 is 0 Å². The average molecular weight is 238 g/mol. The van der Waals surface area contributed by atoms with E-state index in [-0.39, 0.29) is 12.4 Å². The molecule has 2 heterocycles. The van der Waals surface area contributed by atoms with Gasteiger partial charge in [-0.2, -0.15) is 0 Å². The van der Waals surface area contributed by atoms with Crippen molar-refractivity contribution in [3.63, 3.8) is 0 Å². The number of imidazole rings is 1. The van der Waals surface area contributed by atoms with Gasteiger partial charge in [0.25, 0.3) is 0 Å². The summed E-state index contributed by atoms with van der Waals surface area (Å²) in [6, 6.07) is 5.57. The van der Waals surface area contributed by atoms with Gasteiger partial charge in [0.05, 0.1) is 11.6 Å². The number of aromatic nitrogens is 2. The molecule has 0 saturated heterocycles. The fraction of sp³-hybridized carbons (Fsp3) is 0.125. The third-order valence-electron chi connectivity index (χ3n) is 1.63. The van der Waals surface area contributed by atoms with E-state index < -0.39 is 0 Å². The minimum atomic E-state index is 0. The molecule has 2 nitrogen and oxygen atoms in total. The highest BCUT2D eigenvalue weighted by molar-refractivity contribution is 6.29. The van der Waals surface area contributed by atoms with Gasteiger partial charge in [0.2, 0.25) is 0 Å². The highest BCUT2D eigenvalue weighted by atomic mass is 35.5. The van der Waals surface area contributed by atoms with Crippen LogP contribution < -0.4 is 0 Å². The van der Waals surface area contributed by atoms with E-state index in [0.717, 1.165) is 11.3 Å². The van der Waals surface area contributed by atoms with Crippen LogP contribution in [0.3, 0.4) is 0 Å². The van der Waals surface area contributed by atoms with Gasteiger partial charge in [-0.15, -0.1) is 24.0 Å². The van der Waals surface area contributed by atoms with Crippen LogP contribution in [-0.4, -0.2) is 9.38 Å². The molecule has 70 valence electrons. The molecule has 0 aromatic carbocycles. The number of hydrogen-bond donors (Lipinski definition) is 0. The maximum Gasteiger partial charge on any atom is 0.138 e. The van der Waals surface area contributed by atoms with Gasteiger partial charge >= 0.3 is 0 Å². The summed E-state index contributed by atoms with van der Waals surface area (Å²) in [7, 11) is 0. The van der Waals surface area contributed by atoms with E-state index in [2.05, 4.69) is 4.98 Å². The Morgan fingerprint density at radius 2 is 2.15 bits per heavy atom. The van der Waals surface area contributed by atoms with Gasteiger partial charge in [-0.1, -0.05) is 17.7 Å². The van der Waals surface area contributed by atoms with Gasteiger partial charge in [0.1, 0.15) is 10.8 Å². The van der Waals surface area contributed by atoms with Gasteiger partial charge in [0.15, 0.2) is 0 Å². The number of hydrogen-bond acceptors (Lipinski definition) is 1. The molecule has 0 atom stereocenters. The Kier molecular flexibility index (Phi) is 3.42. The van der Waals surface area contributed by atoms with Crippen molar-refractivity contribution in [2.75, 3.05) is 0 Å². The number of fused-ring (bicyclic) bond motifs is 1. The van der Waals surface area contributed by atoms with Crippen LogP contribution in [-0.2, 0) is 5.88 Å². The fourth-order valence-electron chi connectivity index (χ4n) is 1.09. The normalized spacial score (nSPS) is 10.0. The Balaban J connectivity index is 0.000000845. The van der Waals surface area contributed by atoms with Crippen LogP contribution in [0.5, 0.6) is 0 Å². The zero-order valence-corrected chi connectivity index (χ0v) is 8.90. The summed E-state index contributed by atoms with van der Waals surface area (Å²) < 4.78 is 1.80. The number of alkyl halides is 1. The first-order valence-electron chi connectivity index (χ1n) is 3.50. The molecule has 0 spiro atoms. The van der Waals surface area contributed by atoms with Crippen LogP contribution in [0.1, 0.15) is 5.69 Å². The van der Waals surface area contributed by atoms with Crippen molar-refractivity contribution in [3.05, 3.63) is 35.2 Å². The van der Waals surface area contributed by atoms with Gasteiger partial charge in [-0.3, -0.25) is 4.40 Å². The van der Waals surface area contributed by atoms with E-state index >= 15 is 0 Å². The third kappa shape index (κ3) is 1.90. The average Bonchev–Trinajstić information content (AvgIpc) is 2.49. The molecule has 2 rings (SSSR count). The molecule has 2 aromatic rings. The van der Waals surface area contributed by atoms with Crippen molar-refractivity contribution in [2.45, 2.75) is 5.88 Å². The molecule has 0 N–H and O–H groups in total. The lowest BCUT2D eigenvalue weighted by Gasteiger charge is -1.93. The zero-order valence-electron chi connectivity index (χ0n) is 6.58. The zero-order chi connectivity index (χ0) is 8.55. The number of nitrogens with zero attached hydrogens (tertiary/aromatic N) is 2. The van der Waals surface area contributed by atoms with Crippen molar-refractivity contribution in [1.82, 2.24) is 9.38 Å². The Bertz CT molecular complexity index is 411. The summed E-state index contributed by atoms with van der Waals surface area (Å²) in [6.07, 6.45) is 1.84. The Morgan fingerprint density at radius 3 is 2.77 bits per heavy atom. The smallest absolute Gasteiger partial charge is 0.138 e. The lowest BCUT2D eigenvalue weighted by atomic mass is 10.5. The van der Waals surface area contributed by atoms with E-state index in [4.69, 9.17) is 23.2 Å². The fourth-order valence-corrected chi connectivity index (χ4v) is 1.43. The van der Waals surface area contributed by atoms with Crippen LogP contribution in [0, 0.1) is 0 Å². The first-order chi connectivity index (χ1) is 5.81. The van der Waals surface area contributed by atoms with Crippen molar-refractivity contribution in [3.8, 4) is 0 Å². The van der Waals surface area contributed by atoms with E-state index in [1.165, 1.54) is 0 Å². The lowest BCUT2D eigenvalue weighted by Crippen LogP contribution is -1.82. The molecule has 2 aromatic heterocycles. The third-order valence-corrected chi connectivity index (χ3v) is 2.21. The van der Waals surface area contributed by atoms with Crippen molar-refractivity contribution in [1.29, 1.82) is 0 Å². The van der Waals surface area contributed by atoms with E-state index in [1.807, 2.05) is 24.4 Å². The van der Waals surface area contributed by atoms with Crippen LogP contribution in [0.4, 0.5) is 0 Å². The number of rotatable bonds is 1. The van der Waals surface area contributed by atoms with Crippen LogP contribution in [0.2, 0.25) is 5.15 Å². The maximum absolute atomic E-state index is 5.91. The molecule has 0 amide bonds. The molecule has 0 aliphatic carbocycles. The Labute approximate surface area is 91.9 Å². The highest BCUT2D eigenvalue weighted by Gasteiger charge is 2.01. The van der Waals surface area contributed by atoms with Gasteiger partial charge in [-0.05, 0) is 12.1 Å². The van der Waals surface area contributed by atoms with E-state index in [9.17, 15) is 0 Å². The van der Waals surface area contributed by atoms with E-state index in [0.29, 0.717) is 11.0 Å². The molecule has 0 bridgehead atoms. The second-order valence-corrected chi connectivity index (χ2v) is 3.10. The van der Waals surface area contributed by atoms with Crippen molar-refractivity contribution in [2.24, 2.45) is 0 Å². The topological polar surface area (TPSA) is 17.3 Å². The monoisotopic (exact) mass is 236 g/mol. The molecule has 0 unspecified atom stereocenters. The minimum Gasteiger partial charge on any atom is -0.290 e. The molecular formula is C8H7Cl3N2. The Hall–Kier alpha value is -0.440. The maximum atomic E-state index is 5.91. The number of halogens is 3. The molecule has 0 fully saturated rings. The molecule has 0 aliphatic rings. The SMILES string of the molecule is Cl.ClCc1cn2c(Cl)cccc2n1. The summed E-state index contributed by atoms with van der Waals surface area (Å²) in [6.45, 7) is 0. The predicted octanol–water partition coefficient (Wildman–Crippen LogP) is 3.15. The van der Waals surface area contributed by atoms with Crippen LogP contribution in [0.15, 0.2) is 24.4 Å². The van der Waals surface area contributed by atoms with Crippen LogP contribution >= 0.6 is 35.6 Å². The quantitative estimate of drug-likeness (QED) is 0.550. The summed E-state index contributed by atoms with van der Waals surface area (Å²) in [4.78, 5) is 4.24. The van der Waals surface area contributed by atoms with E-state index in [1.54, 1.807) is 4.40 Å². The molecule has 5 heteroatoms. The summed E-state index contributed by atoms with van der Waals surface area (Å²) >= 11 is 11.5. The molecule has 0 radical (unpaired) electrons. The largest absolute Gasteiger partial charge is 0.290 e. The minimum absolute atomic E-state index is 0. The number of pyridine rings is 1. The van der Waals surface area contributed by atoms with Gasteiger partial charge < -0.3 is 0 Å². The molecular weight excluding hydrogens is 230 g/mol. The van der Waals surface area contributed by atoms with Crippen LogP contribution in [0.25, 0.3) is 5.65 Å². The summed E-state index contributed by atoms with van der Waals surface area (Å²) in [5.41, 5.74) is 1.67. The summed E-state index contributed by atoms with van der Waals surface area (Å²) in [5, 5.41) is 0.649. The Morgan fingerprint density at radius 1 is 1.38 bits per heavy atom.